The maximum absolute atomic E-state index is 11.3. The van der Waals surface area contributed by atoms with Gasteiger partial charge in [0.15, 0.2) is 0 Å². The molecule has 0 radical (unpaired) electrons. The molecule has 4 nitrogen and oxygen atoms in total. The number of carbonyl (C=O) groups excluding carboxylic acids is 1. The maximum atomic E-state index is 11.3. The van der Waals surface area contributed by atoms with Crippen LogP contribution in [0.25, 0.3) is 0 Å². The molecule has 0 heterocycles. The van der Waals surface area contributed by atoms with Gasteiger partial charge in [-0.1, -0.05) is 24.3 Å². The Labute approximate surface area is 118 Å². The van der Waals surface area contributed by atoms with Crippen LogP contribution < -0.4 is 11.1 Å². The third-order valence-electron chi connectivity index (χ3n) is 3.06. The van der Waals surface area contributed by atoms with E-state index in [0.29, 0.717) is 5.56 Å². The van der Waals surface area contributed by atoms with E-state index >= 15 is 0 Å². The van der Waals surface area contributed by atoms with E-state index in [-0.39, 0.29) is 5.97 Å². The Bertz CT molecular complexity index is 579. The van der Waals surface area contributed by atoms with E-state index in [1.54, 1.807) is 12.1 Å². The molecule has 0 amide bonds. The lowest BCUT2D eigenvalue weighted by Gasteiger charge is -2.09. The number of ether oxygens (including phenoxy) is 1. The molecule has 0 aromatic heterocycles. The van der Waals surface area contributed by atoms with Crippen molar-refractivity contribution in [3.8, 4) is 0 Å². The number of hydrogen-bond acceptors (Lipinski definition) is 4. The molecular formula is C16H18N2O2. The number of anilines is 2. The van der Waals surface area contributed by atoms with Crippen molar-refractivity contribution in [3.05, 3.63) is 59.7 Å². The van der Waals surface area contributed by atoms with Crippen LogP contribution in [-0.4, -0.2) is 19.6 Å². The molecule has 20 heavy (non-hydrogen) atoms. The molecule has 2 rings (SSSR count). The van der Waals surface area contributed by atoms with Gasteiger partial charge in [0.1, 0.15) is 0 Å². The summed E-state index contributed by atoms with van der Waals surface area (Å²) < 4.78 is 4.66. The smallest absolute Gasteiger partial charge is 0.337 e. The first-order valence-corrected chi connectivity index (χ1v) is 6.46. The van der Waals surface area contributed by atoms with Crippen molar-refractivity contribution in [1.82, 2.24) is 0 Å². The molecule has 0 fully saturated rings. The number of para-hydroxylation sites is 2. The van der Waals surface area contributed by atoms with Crippen molar-refractivity contribution in [1.29, 1.82) is 0 Å². The van der Waals surface area contributed by atoms with Crippen LogP contribution in [0.1, 0.15) is 15.9 Å². The number of nitrogen functional groups attached to an aromatic ring is 1. The summed E-state index contributed by atoms with van der Waals surface area (Å²) in [6.45, 7) is 0.784. The van der Waals surface area contributed by atoms with Crippen molar-refractivity contribution in [2.24, 2.45) is 0 Å². The molecule has 0 saturated carbocycles. The number of benzene rings is 2. The Hall–Kier alpha value is -2.49. The molecule has 104 valence electrons. The van der Waals surface area contributed by atoms with Crippen LogP contribution in [-0.2, 0) is 11.2 Å². The Morgan fingerprint density at radius 3 is 2.50 bits per heavy atom. The van der Waals surface area contributed by atoms with Crippen LogP contribution in [0.3, 0.4) is 0 Å². The summed E-state index contributed by atoms with van der Waals surface area (Å²) in [5.74, 6) is -0.313. The van der Waals surface area contributed by atoms with E-state index < -0.39 is 0 Å². The van der Waals surface area contributed by atoms with Gasteiger partial charge in [0.2, 0.25) is 0 Å². The van der Waals surface area contributed by atoms with E-state index in [1.165, 1.54) is 7.11 Å². The van der Waals surface area contributed by atoms with E-state index in [2.05, 4.69) is 10.1 Å². The molecule has 0 atom stereocenters. The number of carbonyl (C=O) groups is 1. The molecule has 0 aliphatic carbocycles. The minimum atomic E-state index is -0.313. The average molecular weight is 270 g/mol. The summed E-state index contributed by atoms with van der Waals surface area (Å²) >= 11 is 0. The topological polar surface area (TPSA) is 64.3 Å². The van der Waals surface area contributed by atoms with Gasteiger partial charge in [-0.15, -0.1) is 0 Å². The molecule has 0 aliphatic heterocycles. The van der Waals surface area contributed by atoms with Gasteiger partial charge < -0.3 is 15.8 Å². The molecule has 0 spiro atoms. The quantitative estimate of drug-likeness (QED) is 0.647. The highest BCUT2D eigenvalue weighted by Crippen LogP contribution is 2.16. The van der Waals surface area contributed by atoms with Crippen LogP contribution in [0.2, 0.25) is 0 Å². The van der Waals surface area contributed by atoms with Gasteiger partial charge in [0.25, 0.3) is 0 Å². The van der Waals surface area contributed by atoms with E-state index in [4.69, 9.17) is 5.73 Å². The summed E-state index contributed by atoms with van der Waals surface area (Å²) in [6.07, 6.45) is 0.857. The summed E-state index contributed by atoms with van der Waals surface area (Å²) in [4.78, 5) is 11.3. The fraction of sp³-hybridized carbons (Fsp3) is 0.188. The first kappa shape index (κ1) is 13.9. The highest BCUT2D eigenvalue weighted by Gasteiger charge is 2.04. The van der Waals surface area contributed by atoms with Crippen molar-refractivity contribution in [2.45, 2.75) is 6.42 Å². The average Bonchev–Trinajstić information content (AvgIpc) is 2.49. The number of hydrogen-bond donors (Lipinski definition) is 2. The number of esters is 1. The van der Waals surface area contributed by atoms with E-state index in [9.17, 15) is 4.79 Å². The van der Waals surface area contributed by atoms with Crippen molar-refractivity contribution in [2.75, 3.05) is 24.7 Å². The normalized spacial score (nSPS) is 10.1. The lowest BCUT2D eigenvalue weighted by atomic mass is 10.1. The Morgan fingerprint density at radius 1 is 1.15 bits per heavy atom. The van der Waals surface area contributed by atoms with Crippen LogP contribution in [0, 0.1) is 0 Å². The predicted molar refractivity (Wildman–Crippen MR) is 80.8 cm³/mol. The number of nitrogens with one attached hydrogen (secondary N) is 1. The van der Waals surface area contributed by atoms with Crippen LogP contribution in [0.4, 0.5) is 11.4 Å². The Balaban J connectivity index is 1.88. The largest absolute Gasteiger partial charge is 0.465 e. The second-order valence-electron chi connectivity index (χ2n) is 4.45. The summed E-state index contributed by atoms with van der Waals surface area (Å²) in [7, 11) is 1.38. The minimum absolute atomic E-state index is 0.313. The van der Waals surface area contributed by atoms with E-state index in [0.717, 1.165) is 29.9 Å². The molecule has 0 saturated heterocycles. The maximum Gasteiger partial charge on any atom is 0.337 e. The van der Waals surface area contributed by atoms with Crippen LogP contribution >= 0.6 is 0 Å². The number of nitrogens with two attached hydrogens (primary N) is 1. The van der Waals surface area contributed by atoms with Gasteiger partial charge in [-0.2, -0.15) is 0 Å². The lowest BCUT2D eigenvalue weighted by molar-refractivity contribution is 0.0600. The van der Waals surface area contributed by atoms with Crippen molar-refractivity contribution < 1.29 is 9.53 Å². The third kappa shape index (κ3) is 3.51. The summed E-state index contributed by atoms with van der Waals surface area (Å²) in [5.41, 5.74) is 9.26. The zero-order valence-electron chi connectivity index (χ0n) is 11.4. The SMILES string of the molecule is COC(=O)c1ccc(CCNc2ccccc2N)cc1. The van der Waals surface area contributed by atoms with E-state index in [1.807, 2.05) is 36.4 Å². The van der Waals surface area contributed by atoms with Gasteiger partial charge in [-0.05, 0) is 36.2 Å². The molecule has 4 heteroatoms. The molecular weight excluding hydrogens is 252 g/mol. The molecule has 0 unspecified atom stereocenters. The van der Waals surface area contributed by atoms with Gasteiger partial charge in [-0.25, -0.2) is 4.79 Å². The molecule has 3 N–H and O–H groups in total. The summed E-state index contributed by atoms with van der Waals surface area (Å²) in [5, 5.41) is 3.29. The molecule has 0 aliphatic rings. The highest BCUT2D eigenvalue weighted by molar-refractivity contribution is 5.89. The number of rotatable bonds is 5. The van der Waals surface area contributed by atoms with Gasteiger partial charge in [0.05, 0.1) is 24.0 Å². The zero-order chi connectivity index (χ0) is 14.4. The second kappa shape index (κ2) is 6.61. The van der Waals surface area contributed by atoms with Gasteiger partial charge >= 0.3 is 5.97 Å². The van der Waals surface area contributed by atoms with Crippen LogP contribution in [0.15, 0.2) is 48.5 Å². The Morgan fingerprint density at radius 2 is 1.85 bits per heavy atom. The lowest BCUT2D eigenvalue weighted by Crippen LogP contribution is -2.07. The third-order valence-corrected chi connectivity index (χ3v) is 3.06. The molecule has 2 aromatic rings. The standard InChI is InChI=1S/C16H18N2O2/c1-20-16(19)13-8-6-12(7-9-13)10-11-18-15-5-3-2-4-14(15)17/h2-9,18H,10-11,17H2,1H3. The second-order valence-corrected chi connectivity index (χ2v) is 4.45. The Kier molecular flexibility index (Phi) is 4.60. The highest BCUT2D eigenvalue weighted by atomic mass is 16.5. The van der Waals surface area contributed by atoms with Gasteiger partial charge in [-0.3, -0.25) is 0 Å². The first-order valence-electron chi connectivity index (χ1n) is 6.46. The predicted octanol–water partition coefficient (Wildman–Crippen LogP) is 2.71. The first-order chi connectivity index (χ1) is 9.70. The monoisotopic (exact) mass is 270 g/mol. The van der Waals surface area contributed by atoms with Crippen molar-refractivity contribution in [3.63, 3.8) is 0 Å². The fourth-order valence-electron chi connectivity index (χ4n) is 1.92. The van der Waals surface area contributed by atoms with Gasteiger partial charge in [0, 0.05) is 6.54 Å². The number of methoxy groups -OCH3 is 1. The molecule has 2 aromatic carbocycles. The minimum Gasteiger partial charge on any atom is -0.465 e. The summed E-state index contributed by atoms with van der Waals surface area (Å²) in [6, 6.07) is 15.1. The zero-order valence-corrected chi connectivity index (χ0v) is 11.4. The van der Waals surface area contributed by atoms with Crippen molar-refractivity contribution >= 4 is 17.3 Å². The fourth-order valence-corrected chi connectivity index (χ4v) is 1.92. The molecule has 0 bridgehead atoms. The van der Waals surface area contributed by atoms with Crippen LogP contribution in [0.5, 0.6) is 0 Å².